The van der Waals surface area contributed by atoms with Crippen LogP contribution in [0.25, 0.3) is 0 Å². The van der Waals surface area contributed by atoms with E-state index in [0.29, 0.717) is 37.7 Å². The number of nitrogens with zero attached hydrogens (tertiary/aromatic N) is 1. The largest absolute Gasteiger partial charge is 0.326 e. The highest BCUT2D eigenvalue weighted by molar-refractivity contribution is 6.31. The Bertz CT molecular complexity index is 1190. The van der Waals surface area contributed by atoms with Crippen LogP contribution in [-0.4, -0.2) is 11.9 Å². The minimum Gasteiger partial charge on any atom is -0.326 e. The highest BCUT2D eigenvalue weighted by Crippen LogP contribution is 2.35. The van der Waals surface area contributed by atoms with E-state index >= 15 is 0 Å². The van der Waals surface area contributed by atoms with E-state index < -0.39 is 6.04 Å². The van der Waals surface area contributed by atoms with E-state index in [1.165, 1.54) is 4.90 Å². The van der Waals surface area contributed by atoms with Gasteiger partial charge in [0, 0.05) is 26.5 Å². The number of carbonyl (C=O) groups excluding carboxylic acids is 2. The number of allylic oxidation sites excluding steroid dienone is 1. The number of benzene rings is 3. The van der Waals surface area contributed by atoms with Crippen molar-refractivity contribution in [3.8, 4) is 0 Å². The average molecular weight is 487 g/mol. The molecule has 4 rings (SSSR count). The van der Waals surface area contributed by atoms with Crippen molar-refractivity contribution in [2.45, 2.75) is 13.0 Å². The fraction of sp³-hybridized carbons (Fsp3) is 0.0833. The summed E-state index contributed by atoms with van der Waals surface area (Å²) in [5.41, 5.74) is 2.82. The van der Waals surface area contributed by atoms with Gasteiger partial charge in [-0.05, 0) is 73.2 Å². The van der Waals surface area contributed by atoms with E-state index in [-0.39, 0.29) is 11.9 Å². The van der Waals surface area contributed by atoms with E-state index in [9.17, 15) is 9.59 Å². The molecule has 5 nitrogen and oxygen atoms in total. The van der Waals surface area contributed by atoms with Crippen LogP contribution < -0.4 is 15.5 Å². The minimum atomic E-state index is -0.657. The molecule has 162 valence electrons. The quantitative estimate of drug-likeness (QED) is 0.424. The Morgan fingerprint density at radius 1 is 0.844 bits per heavy atom. The third kappa shape index (κ3) is 4.60. The lowest BCUT2D eigenvalue weighted by Gasteiger charge is -2.35. The summed E-state index contributed by atoms with van der Waals surface area (Å²) in [6, 6.07) is 19.6. The van der Waals surface area contributed by atoms with Gasteiger partial charge in [0.25, 0.3) is 5.91 Å². The normalized spacial score (nSPS) is 16.1. The molecule has 0 aromatic heterocycles. The molecule has 0 unspecified atom stereocenters. The van der Waals surface area contributed by atoms with Crippen LogP contribution in [0, 0.1) is 0 Å². The smallest absolute Gasteiger partial charge is 0.326 e. The van der Waals surface area contributed by atoms with Gasteiger partial charge in [0.15, 0.2) is 0 Å². The zero-order valence-corrected chi connectivity index (χ0v) is 19.2. The lowest BCUT2D eigenvalue weighted by Crippen LogP contribution is -2.48. The molecule has 0 saturated carbocycles. The number of nitrogens with one attached hydrogen (secondary N) is 2. The summed E-state index contributed by atoms with van der Waals surface area (Å²) in [5, 5.41) is 7.51. The lowest BCUT2D eigenvalue weighted by atomic mass is 9.94. The second kappa shape index (κ2) is 9.25. The average Bonchev–Trinajstić information content (AvgIpc) is 2.76. The summed E-state index contributed by atoms with van der Waals surface area (Å²) < 4.78 is 0. The first-order chi connectivity index (χ1) is 15.3. The van der Waals surface area contributed by atoms with Gasteiger partial charge in [0.1, 0.15) is 0 Å². The van der Waals surface area contributed by atoms with Crippen LogP contribution in [0.3, 0.4) is 0 Å². The molecule has 1 aliphatic rings. The van der Waals surface area contributed by atoms with E-state index in [0.717, 1.165) is 5.56 Å². The van der Waals surface area contributed by atoms with Gasteiger partial charge in [-0.3, -0.25) is 9.69 Å². The van der Waals surface area contributed by atoms with E-state index in [4.69, 9.17) is 34.8 Å². The van der Waals surface area contributed by atoms with Crippen LogP contribution in [0.5, 0.6) is 0 Å². The second-order valence-electron chi connectivity index (χ2n) is 7.21. The maximum atomic E-state index is 13.4. The van der Waals surface area contributed by atoms with Gasteiger partial charge in [0.2, 0.25) is 0 Å². The van der Waals surface area contributed by atoms with Crippen molar-refractivity contribution >= 4 is 58.1 Å². The highest BCUT2D eigenvalue weighted by Gasteiger charge is 2.36. The second-order valence-corrected chi connectivity index (χ2v) is 8.52. The molecule has 0 fully saturated rings. The molecular formula is C24H18Cl3N3O2. The molecule has 0 aliphatic carbocycles. The van der Waals surface area contributed by atoms with Gasteiger partial charge < -0.3 is 10.6 Å². The predicted molar refractivity (Wildman–Crippen MR) is 129 cm³/mol. The molecule has 0 saturated heterocycles. The summed E-state index contributed by atoms with van der Waals surface area (Å²) in [4.78, 5) is 28.0. The van der Waals surface area contributed by atoms with E-state index in [1.807, 2.05) is 0 Å². The molecule has 0 radical (unpaired) electrons. The summed E-state index contributed by atoms with van der Waals surface area (Å²) in [5.74, 6) is -0.344. The molecule has 0 bridgehead atoms. The number of amides is 3. The Hall–Kier alpha value is -2.99. The fourth-order valence-corrected chi connectivity index (χ4v) is 3.95. The first-order valence-electron chi connectivity index (χ1n) is 9.73. The number of carbonyl (C=O) groups is 2. The van der Waals surface area contributed by atoms with Crippen LogP contribution >= 0.6 is 34.8 Å². The van der Waals surface area contributed by atoms with E-state index in [2.05, 4.69) is 10.6 Å². The molecule has 3 amide bonds. The van der Waals surface area contributed by atoms with Gasteiger partial charge in [-0.1, -0.05) is 46.9 Å². The number of anilines is 2. The highest BCUT2D eigenvalue weighted by atomic mass is 35.5. The number of urea groups is 1. The van der Waals surface area contributed by atoms with Crippen molar-refractivity contribution < 1.29 is 9.59 Å². The summed E-state index contributed by atoms with van der Waals surface area (Å²) in [6.45, 7) is 1.74. The Morgan fingerprint density at radius 3 is 1.91 bits per heavy atom. The summed E-state index contributed by atoms with van der Waals surface area (Å²) >= 11 is 18.0. The van der Waals surface area contributed by atoms with Gasteiger partial charge in [-0.2, -0.15) is 0 Å². The maximum Gasteiger partial charge on any atom is 0.326 e. The number of hydrogen-bond donors (Lipinski definition) is 2. The van der Waals surface area contributed by atoms with Gasteiger partial charge in [0.05, 0.1) is 17.3 Å². The van der Waals surface area contributed by atoms with Crippen LogP contribution in [0.1, 0.15) is 18.5 Å². The van der Waals surface area contributed by atoms with E-state index in [1.54, 1.807) is 79.7 Å². The lowest BCUT2D eigenvalue weighted by molar-refractivity contribution is -0.113. The molecule has 0 spiro atoms. The van der Waals surface area contributed by atoms with Gasteiger partial charge in [-0.15, -0.1) is 0 Å². The molecule has 3 aromatic carbocycles. The molecule has 1 heterocycles. The Balaban J connectivity index is 1.79. The fourth-order valence-electron chi connectivity index (χ4n) is 3.58. The Labute approximate surface area is 200 Å². The SMILES string of the molecule is CC1=C(C(=O)Nc2ccc(Cl)cc2)[C@@H](c2ccc(Cl)cc2)NC(=O)N1c1ccc(Cl)cc1. The van der Waals surface area contributed by atoms with Crippen LogP contribution in [-0.2, 0) is 4.79 Å². The number of halogens is 3. The Kier molecular flexibility index (Phi) is 6.42. The monoisotopic (exact) mass is 485 g/mol. The van der Waals surface area contributed by atoms with Crippen molar-refractivity contribution in [3.63, 3.8) is 0 Å². The number of hydrogen-bond acceptors (Lipinski definition) is 2. The van der Waals surface area contributed by atoms with Crippen molar-refractivity contribution in [2.75, 3.05) is 10.2 Å². The van der Waals surface area contributed by atoms with Crippen LogP contribution in [0.15, 0.2) is 84.1 Å². The first-order valence-corrected chi connectivity index (χ1v) is 10.9. The Morgan fingerprint density at radius 2 is 1.34 bits per heavy atom. The zero-order valence-electron chi connectivity index (χ0n) is 16.9. The maximum absolute atomic E-state index is 13.4. The standard InChI is InChI=1S/C24H18Cl3N3O2/c1-14-21(23(31)28-19-10-6-17(26)7-11-19)22(15-2-4-16(25)5-3-15)29-24(32)30(14)20-12-8-18(27)9-13-20/h2-13,22H,1H3,(H,28,31)(H,29,32)/t22-/m1/s1. The molecular weight excluding hydrogens is 469 g/mol. The van der Waals surface area contributed by atoms with Crippen molar-refractivity contribution in [3.05, 3.63) is 105 Å². The van der Waals surface area contributed by atoms with Crippen molar-refractivity contribution in [1.82, 2.24) is 5.32 Å². The molecule has 2 N–H and O–H groups in total. The summed E-state index contributed by atoms with van der Waals surface area (Å²) in [7, 11) is 0. The molecule has 3 aromatic rings. The zero-order chi connectivity index (χ0) is 22.8. The molecule has 8 heteroatoms. The van der Waals surface area contributed by atoms with Gasteiger partial charge in [-0.25, -0.2) is 4.79 Å². The van der Waals surface area contributed by atoms with Crippen molar-refractivity contribution in [2.24, 2.45) is 0 Å². The molecule has 1 atom stereocenters. The topological polar surface area (TPSA) is 61.4 Å². The minimum absolute atomic E-state index is 0.344. The van der Waals surface area contributed by atoms with Crippen molar-refractivity contribution in [1.29, 1.82) is 0 Å². The first kappa shape index (κ1) is 22.2. The molecule has 32 heavy (non-hydrogen) atoms. The van der Waals surface area contributed by atoms with Gasteiger partial charge >= 0.3 is 6.03 Å². The van der Waals surface area contributed by atoms with Crippen LogP contribution in [0.4, 0.5) is 16.2 Å². The predicted octanol–water partition coefficient (Wildman–Crippen LogP) is 6.83. The third-order valence-corrected chi connectivity index (χ3v) is 5.88. The number of rotatable bonds is 4. The summed E-state index contributed by atoms with van der Waals surface area (Å²) in [6.07, 6.45) is 0. The molecule has 1 aliphatic heterocycles. The third-order valence-electron chi connectivity index (χ3n) is 5.12. The van der Waals surface area contributed by atoms with Crippen LogP contribution in [0.2, 0.25) is 15.1 Å².